The van der Waals surface area contributed by atoms with Gasteiger partial charge in [0.05, 0.1) is 18.8 Å². The number of aliphatic hydroxyl groups is 2. The predicted molar refractivity (Wildman–Crippen MR) is 86.9 cm³/mol. The first kappa shape index (κ1) is 18.9. The van der Waals surface area contributed by atoms with Crippen LogP contribution in [0.15, 0.2) is 12.2 Å². The molecule has 0 heterocycles. The summed E-state index contributed by atoms with van der Waals surface area (Å²) in [6, 6.07) is 0. The van der Waals surface area contributed by atoms with E-state index in [1.54, 1.807) is 6.92 Å². The lowest BCUT2D eigenvalue weighted by Crippen LogP contribution is -2.60. The molecule has 0 aromatic rings. The van der Waals surface area contributed by atoms with Crippen LogP contribution in [-0.4, -0.2) is 47.1 Å². The normalized spacial score (nSPS) is 41.9. The maximum absolute atomic E-state index is 11.9. The van der Waals surface area contributed by atoms with Gasteiger partial charge in [-0.2, -0.15) is 0 Å². The summed E-state index contributed by atoms with van der Waals surface area (Å²) in [4.78, 5) is 23.4. The van der Waals surface area contributed by atoms with E-state index in [1.165, 1.54) is 14.0 Å². The molecule has 0 saturated heterocycles. The SMILES string of the molecule is C=C(C(=O)OC)[C@H]1C[C@@H]2[C@@](C)(C[C@H]1OC(C)=O)[C@H](O)CC[C@]2(C)O. The van der Waals surface area contributed by atoms with Crippen molar-refractivity contribution in [3.63, 3.8) is 0 Å². The molecule has 0 spiro atoms. The summed E-state index contributed by atoms with van der Waals surface area (Å²) in [5.74, 6) is -1.65. The van der Waals surface area contributed by atoms with Crippen LogP contribution in [0, 0.1) is 17.3 Å². The van der Waals surface area contributed by atoms with E-state index in [-0.39, 0.29) is 11.5 Å². The largest absolute Gasteiger partial charge is 0.466 e. The highest BCUT2D eigenvalue weighted by Gasteiger charge is 2.58. The summed E-state index contributed by atoms with van der Waals surface area (Å²) in [5.41, 5.74) is -1.31. The number of fused-ring (bicyclic) bond motifs is 1. The predicted octanol–water partition coefficient (Wildman–Crippen LogP) is 1.59. The Morgan fingerprint density at radius 2 is 1.92 bits per heavy atom. The van der Waals surface area contributed by atoms with Gasteiger partial charge < -0.3 is 19.7 Å². The van der Waals surface area contributed by atoms with E-state index in [4.69, 9.17) is 9.47 Å². The molecule has 2 fully saturated rings. The van der Waals surface area contributed by atoms with Gasteiger partial charge in [0.1, 0.15) is 6.10 Å². The summed E-state index contributed by atoms with van der Waals surface area (Å²) in [5, 5.41) is 21.4. The van der Waals surface area contributed by atoms with Crippen LogP contribution < -0.4 is 0 Å². The first-order valence-corrected chi connectivity index (χ1v) is 8.37. The van der Waals surface area contributed by atoms with Gasteiger partial charge in [-0.3, -0.25) is 4.79 Å². The van der Waals surface area contributed by atoms with Crippen molar-refractivity contribution < 1.29 is 29.3 Å². The molecule has 0 aromatic heterocycles. The van der Waals surface area contributed by atoms with Gasteiger partial charge in [0.25, 0.3) is 0 Å². The minimum absolute atomic E-state index is 0.230. The summed E-state index contributed by atoms with van der Waals surface area (Å²) in [6.07, 6.45) is 0.605. The second-order valence-corrected chi connectivity index (χ2v) is 7.68. The average Bonchev–Trinajstić information content (AvgIpc) is 2.49. The first-order valence-electron chi connectivity index (χ1n) is 8.37. The Morgan fingerprint density at radius 3 is 2.46 bits per heavy atom. The van der Waals surface area contributed by atoms with E-state index in [0.717, 1.165) is 0 Å². The van der Waals surface area contributed by atoms with Crippen molar-refractivity contribution >= 4 is 11.9 Å². The maximum Gasteiger partial charge on any atom is 0.333 e. The molecule has 0 radical (unpaired) electrons. The van der Waals surface area contributed by atoms with E-state index in [9.17, 15) is 19.8 Å². The Hall–Kier alpha value is -1.40. The molecular formula is C18H28O6. The van der Waals surface area contributed by atoms with Crippen molar-refractivity contribution in [1.29, 1.82) is 0 Å². The molecule has 6 nitrogen and oxygen atoms in total. The zero-order valence-electron chi connectivity index (χ0n) is 14.9. The number of rotatable bonds is 3. The fraction of sp³-hybridized carbons (Fsp3) is 0.778. The summed E-state index contributed by atoms with van der Waals surface area (Å²) in [6.45, 7) is 8.83. The van der Waals surface area contributed by atoms with Crippen molar-refractivity contribution in [3.05, 3.63) is 12.2 Å². The van der Waals surface area contributed by atoms with Crippen LogP contribution in [0.3, 0.4) is 0 Å². The van der Waals surface area contributed by atoms with Gasteiger partial charge in [0.2, 0.25) is 0 Å². The summed E-state index contributed by atoms with van der Waals surface area (Å²) < 4.78 is 10.2. The number of aliphatic hydroxyl groups excluding tert-OH is 1. The van der Waals surface area contributed by atoms with Crippen LogP contribution in [0.4, 0.5) is 0 Å². The molecule has 2 N–H and O–H groups in total. The third kappa shape index (κ3) is 3.22. The van der Waals surface area contributed by atoms with Gasteiger partial charge in [0.15, 0.2) is 0 Å². The third-order valence-electron chi connectivity index (χ3n) is 6.02. The fourth-order valence-electron chi connectivity index (χ4n) is 4.64. The number of hydrogen-bond donors (Lipinski definition) is 2. The minimum Gasteiger partial charge on any atom is -0.466 e. The smallest absolute Gasteiger partial charge is 0.333 e. The molecule has 0 amide bonds. The van der Waals surface area contributed by atoms with Crippen LogP contribution in [0.2, 0.25) is 0 Å². The zero-order valence-corrected chi connectivity index (χ0v) is 14.9. The second-order valence-electron chi connectivity index (χ2n) is 7.68. The van der Waals surface area contributed by atoms with Gasteiger partial charge in [-0.15, -0.1) is 0 Å². The topological polar surface area (TPSA) is 93.1 Å². The van der Waals surface area contributed by atoms with Crippen LogP contribution in [0.1, 0.15) is 46.5 Å². The molecular weight excluding hydrogens is 312 g/mol. The molecule has 2 aliphatic carbocycles. The van der Waals surface area contributed by atoms with E-state index in [0.29, 0.717) is 25.7 Å². The first-order chi connectivity index (χ1) is 11.0. The lowest BCUT2D eigenvalue weighted by Gasteiger charge is -2.57. The quantitative estimate of drug-likeness (QED) is 0.599. The molecule has 6 atom stereocenters. The van der Waals surface area contributed by atoms with Gasteiger partial charge in [-0.25, -0.2) is 4.79 Å². The average molecular weight is 340 g/mol. The Balaban J connectivity index is 2.39. The van der Waals surface area contributed by atoms with Gasteiger partial charge in [0, 0.05) is 23.8 Å². The number of methoxy groups -OCH3 is 1. The van der Waals surface area contributed by atoms with Crippen molar-refractivity contribution in [3.8, 4) is 0 Å². The molecule has 24 heavy (non-hydrogen) atoms. The van der Waals surface area contributed by atoms with Gasteiger partial charge >= 0.3 is 11.9 Å². The van der Waals surface area contributed by atoms with Crippen molar-refractivity contribution in [2.45, 2.75) is 64.3 Å². The molecule has 0 aromatic carbocycles. The molecule has 0 bridgehead atoms. The number of carbonyl (C=O) groups is 2. The number of ether oxygens (including phenoxy) is 2. The number of carbonyl (C=O) groups excluding carboxylic acids is 2. The van der Waals surface area contributed by atoms with Crippen LogP contribution in [0.25, 0.3) is 0 Å². The Labute approximate surface area is 142 Å². The van der Waals surface area contributed by atoms with Crippen LogP contribution in [-0.2, 0) is 19.1 Å². The Morgan fingerprint density at radius 1 is 1.29 bits per heavy atom. The van der Waals surface area contributed by atoms with E-state index >= 15 is 0 Å². The fourth-order valence-corrected chi connectivity index (χ4v) is 4.64. The van der Waals surface area contributed by atoms with Crippen molar-refractivity contribution in [1.82, 2.24) is 0 Å². The van der Waals surface area contributed by atoms with Gasteiger partial charge in [-0.05, 0) is 38.5 Å². The van der Waals surface area contributed by atoms with Crippen molar-refractivity contribution in [2.75, 3.05) is 7.11 Å². The number of hydrogen-bond acceptors (Lipinski definition) is 6. The van der Waals surface area contributed by atoms with E-state index in [1.807, 2.05) is 6.92 Å². The molecule has 6 heteroatoms. The molecule has 2 rings (SSSR count). The third-order valence-corrected chi connectivity index (χ3v) is 6.02. The molecule has 2 saturated carbocycles. The summed E-state index contributed by atoms with van der Waals surface area (Å²) in [7, 11) is 1.28. The highest BCUT2D eigenvalue weighted by atomic mass is 16.5. The molecule has 2 aliphatic rings. The Kier molecular flexibility index (Phi) is 5.11. The van der Waals surface area contributed by atoms with Crippen LogP contribution in [0.5, 0.6) is 0 Å². The molecule has 136 valence electrons. The maximum atomic E-state index is 11.9. The Bertz CT molecular complexity index is 540. The number of esters is 2. The lowest BCUT2D eigenvalue weighted by molar-refractivity contribution is -0.200. The summed E-state index contributed by atoms with van der Waals surface area (Å²) >= 11 is 0. The zero-order chi connectivity index (χ0) is 18.3. The van der Waals surface area contributed by atoms with E-state index < -0.39 is 41.1 Å². The van der Waals surface area contributed by atoms with Gasteiger partial charge in [-0.1, -0.05) is 13.5 Å². The highest BCUT2D eigenvalue weighted by Crippen LogP contribution is 2.56. The van der Waals surface area contributed by atoms with Crippen molar-refractivity contribution in [2.24, 2.45) is 17.3 Å². The molecule has 0 aliphatic heterocycles. The lowest BCUT2D eigenvalue weighted by atomic mass is 9.51. The minimum atomic E-state index is -0.955. The van der Waals surface area contributed by atoms with E-state index in [2.05, 4.69) is 6.58 Å². The second kappa shape index (κ2) is 6.48. The highest BCUT2D eigenvalue weighted by molar-refractivity contribution is 5.88. The standard InChI is InChI=1S/C18H28O6/c1-10(16(21)23-5)12-8-14-17(3,9-13(12)24-11(2)19)15(20)6-7-18(14,4)22/h12-15,20,22H,1,6-9H2,2-5H3/t12-,13-,14-,15-,17-,18+/m1/s1. The molecule has 0 unspecified atom stereocenters. The van der Waals surface area contributed by atoms with Crippen LogP contribution >= 0.6 is 0 Å². The monoisotopic (exact) mass is 340 g/mol.